The molecule has 2 bridgehead atoms. The standard InChI is InChI=1S/C15H16Cl2N2O/c16-7-6-14-18-15-10(17)2-1-3-11(15)19(14)12-8-9-4-5-13(12)20-9/h1-3,9,12-13H,4-8H2. The van der Waals surface area contributed by atoms with Crippen molar-refractivity contribution >= 4 is 34.2 Å². The molecule has 2 aliphatic heterocycles. The molecule has 2 saturated heterocycles. The van der Waals surface area contributed by atoms with Gasteiger partial charge in [-0.1, -0.05) is 17.7 Å². The summed E-state index contributed by atoms with van der Waals surface area (Å²) in [5, 5.41) is 0.709. The zero-order chi connectivity index (χ0) is 13.7. The number of hydrogen-bond donors (Lipinski definition) is 0. The average Bonchev–Trinajstić information content (AvgIpc) is 3.12. The van der Waals surface area contributed by atoms with Gasteiger partial charge >= 0.3 is 0 Å². The molecule has 4 rings (SSSR count). The topological polar surface area (TPSA) is 27.1 Å². The van der Waals surface area contributed by atoms with Gasteiger partial charge in [0.1, 0.15) is 11.3 Å². The Morgan fingerprint density at radius 3 is 2.95 bits per heavy atom. The Hall–Kier alpha value is -0.770. The van der Waals surface area contributed by atoms with E-state index in [9.17, 15) is 0 Å². The second-order valence-electron chi connectivity index (χ2n) is 5.62. The largest absolute Gasteiger partial charge is 0.373 e. The molecule has 0 amide bonds. The van der Waals surface area contributed by atoms with E-state index >= 15 is 0 Å². The van der Waals surface area contributed by atoms with Crippen molar-refractivity contribution in [2.24, 2.45) is 0 Å². The Bertz CT molecular complexity index is 655. The lowest BCUT2D eigenvalue weighted by molar-refractivity contribution is 0.0940. The molecule has 2 fully saturated rings. The Labute approximate surface area is 127 Å². The number of rotatable bonds is 3. The predicted octanol–water partition coefficient (Wildman–Crippen LogP) is 3.96. The van der Waals surface area contributed by atoms with Gasteiger partial charge in [-0.15, -0.1) is 11.6 Å². The second-order valence-corrected chi connectivity index (χ2v) is 6.41. The summed E-state index contributed by atoms with van der Waals surface area (Å²) in [6.07, 6.45) is 4.93. The van der Waals surface area contributed by atoms with Crippen LogP contribution in [-0.2, 0) is 11.2 Å². The van der Waals surface area contributed by atoms with Gasteiger partial charge in [0, 0.05) is 12.3 Å². The lowest BCUT2D eigenvalue weighted by Crippen LogP contribution is -2.22. The highest BCUT2D eigenvalue weighted by Crippen LogP contribution is 2.43. The van der Waals surface area contributed by atoms with Crippen LogP contribution in [0.25, 0.3) is 11.0 Å². The molecule has 0 aliphatic carbocycles. The molecule has 0 N–H and O–H groups in total. The number of para-hydroxylation sites is 1. The van der Waals surface area contributed by atoms with Crippen molar-refractivity contribution in [2.45, 2.75) is 43.9 Å². The van der Waals surface area contributed by atoms with Crippen molar-refractivity contribution in [2.75, 3.05) is 5.88 Å². The maximum absolute atomic E-state index is 6.29. The van der Waals surface area contributed by atoms with Crippen molar-refractivity contribution in [3.63, 3.8) is 0 Å². The first-order valence-corrected chi connectivity index (χ1v) is 8.06. The van der Waals surface area contributed by atoms with Gasteiger partial charge in [0.05, 0.1) is 28.8 Å². The van der Waals surface area contributed by atoms with Crippen LogP contribution in [0.15, 0.2) is 18.2 Å². The van der Waals surface area contributed by atoms with Crippen LogP contribution in [0.1, 0.15) is 31.1 Å². The number of fused-ring (bicyclic) bond motifs is 3. The first-order valence-electron chi connectivity index (χ1n) is 7.14. The minimum absolute atomic E-state index is 0.324. The first kappa shape index (κ1) is 12.9. The first-order chi connectivity index (χ1) is 9.78. The van der Waals surface area contributed by atoms with E-state index in [1.54, 1.807) is 0 Å². The smallest absolute Gasteiger partial charge is 0.111 e. The van der Waals surface area contributed by atoms with E-state index in [1.807, 2.05) is 12.1 Å². The van der Waals surface area contributed by atoms with E-state index in [-0.39, 0.29) is 0 Å². The fourth-order valence-corrected chi connectivity index (χ4v) is 4.03. The quantitative estimate of drug-likeness (QED) is 0.802. The molecule has 0 spiro atoms. The van der Waals surface area contributed by atoms with E-state index in [2.05, 4.69) is 10.6 Å². The number of benzene rings is 1. The molecule has 3 unspecified atom stereocenters. The summed E-state index contributed by atoms with van der Waals surface area (Å²) in [6, 6.07) is 6.36. The number of nitrogens with zero attached hydrogens (tertiary/aromatic N) is 2. The van der Waals surface area contributed by atoms with Crippen LogP contribution in [0.2, 0.25) is 5.02 Å². The highest BCUT2D eigenvalue weighted by molar-refractivity contribution is 6.34. The number of ether oxygens (including phenoxy) is 1. The average molecular weight is 311 g/mol. The number of imidazole rings is 1. The molecule has 3 nitrogen and oxygen atoms in total. The van der Waals surface area contributed by atoms with Gasteiger partial charge < -0.3 is 9.30 Å². The molecular weight excluding hydrogens is 295 g/mol. The summed E-state index contributed by atoms with van der Waals surface area (Å²) in [6.45, 7) is 0. The molecule has 20 heavy (non-hydrogen) atoms. The number of aryl methyl sites for hydroxylation is 1. The van der Waals surface area contributed by atoms with Gasteiger partial charge in [-0.05, 0) is 31.4 Å². The summed E-state index contributed by atoms with van der Waals surface area (Å²) in [5.41, 5.74) is 2.00. The van der Waals surface area contributed by atoms with Gasteiger partial charge in [0.15, 0.2) is 0 Å². The maximum Gasteiger partial charge on any atom is 0.111 e. The summed E-state index contributed by atoms with van der Waals surface area (Å²) in [4.78, 5) is 4.72. The van der Waals surface area contributed by atoms with Crippen LogP contribution in [0, 0.1) is 0 Å². The van der Waals surface area contributed by atoms with Crippen LogP contribution in [0.3, 0.4) is 0 Å². The molecule has 5 heteroatoms. The second kappa shape index (κ2) is 4.90. The number of alkyl halides is 1. The monoisotopic (exact) mass is 310 g/mol. The summed E-state index contributed by atoms with van der Waals surface area (Å²) < 4.78 is 8.33. The zero-order valence-corrected chi connectivity index (χ0v) is 12.6. The highest BCUT2D eigenvalue weighted by Gasteiger charge is 2.42. The van der Waals surface area contributed by atoms with Crippen LogP contribution in [-0.4, -0.2) is 27.6 Å². The molecule has 1 aromatic heterocycles. The molecule has 3 atom stereocenters. The molecule has 0 saturated carbocycles. The minimum atomic E-state index is 0.324. The van der Waals surface area contributed by atoms with Gasteiger partial charge in [0.2, 0.25) is 0 Å². The number of aromatic nitrogens is 2. The fourth-order valence-electron chi connectivity index (χ4n) is 3.64. The molecule has 106 valence electrons. The SMILES string of the molecule is ClCCc1nc2c(Cl)cccc2n1C1CC2CCC1O2. The third kappa shape index (κ3) is 1.87. The lowest BCUT2D eigenvalue weighted by atomic mass is 9.95. The molecule has 2 aliphatic rings. The highest BCUT2D eigenvalue weighted by atomic mass is 35.5. The van der Waals surface area contributed by atoms with Gasteiger partial charge in [-0.2, -0.15) is 0 Å². The molecule has 1 aromatic carbocycles. The molecule has 2 aromatic rings. The van der Waals surface area contributed by atoms with E-state index in [1.165, 1.54) is 6.42 Å². The van der Waals surface area contributed by atoms with Gasteiger partial charge in [-0.3, -0.25) is 0 Å². The van der Waals surface area contributed by atoms with Crippen molar-refractivity contribution < 1.29 is 4.74 Å². The van der Waals surface area contributed by atoms with E-state index in [4.69, 9.17) is 32.9 Å². The molecule has 0 radical (unpaired) electrons. The Kier molecular flexibility index (Phi) is 3.17. The maximum atomic E-state index is 6.29. The van der Waals surface area contributed by atoms with E-state index in [0.29, 0.717) is 29.2 Å². The fraction of sp³-hybridized carbons (Fsp3) is 0.533. The predicted molar refractivity (Wildman–Crippen MR) is 80.7 cm³/mol. The summed E-state index contributed by atoms with van der Waals surface area (Å²) >= 11 is 12.2. The van der Waals surface area contributed by atoms with Crippen LogP contribution in [0.4, 0.5) is 0 Å². The van der Waals surface area contributed by atoms with Crippen molar-refractivity contribution in [3.05, 3.63) is 29.0 Å². The molecular formula is C15H16Cl2N2O. The number of hydrogen-bond acceptors (Lipinski definition) is 2. The van der Waals surface area contributed by atoms with E-state index in [0.717, 1.165) is 36.1 Å². The normalized spacial score (nSPS) is 28.6. The van der Waals surface area contributed by atoms with E-state index < -0.39 is 0 Å². The Morgan fingerprint density at radius 2 is 2.25 bits per heavy atom. The van der Waals surface area contributed by atoms with Crippen molar-refractivity contribution in [1.29, 1.82) is 0 Å². The third-order valence-electron chi connectivity index (χ3n) is 4.47. The van der Waals surface area contributed by atoms with Crippen LogP contribution >= 0.6 is 23.2 Å². The van der Waals surface area contributed by atoms with Crippen molar-refractivity contribution in [1.82, 2.24) is 9.55 Å². The van der Waals surface area contributed by atoms with Crippen LogP contribution in [0.5, 0.6) is 0 Å². The Balaban J connectivity index is 1.87. The van der Waals surface area contributed by atoms with Gasteiger partial charge in [0.25, 0.3) is 0 Å². The molecule has 3 heterocycles. The van der Waals surface area contributed by atoms with Gasteiger partial charge in [-0.25, -0.2) is 4.98 Å². The van der Waals surface area contributed by atoms with Crippen LogP contribution < -0.4 is 0 Å². The third-order valence-corrected chi connectivity index (χ3v) is 4.96. The zero-order valence-electron chi connectivity index (χ0n) is 11.1. The number of halogens is 2. The Morgan fingerprint density at radius 1 is 1.35 bits per heavy atom. The summed E-state index contributed by atoms with van der Waals surface area (Å²) in [7, 11) is 0. The summed E-state index contributed by atoms with van der Waals surface area (Å²) in [5.74, 6) is 1.60. The minimum Gasteiger partial charge on any atom is -0.373 e. The van der Waals surface area contributed by atoms with Crippen molar-refractivity contribution in [3.8, 4) is 0 Å². The lowest BCUT2D eigenvalue weighted by Gasteiger charge is -2.23.